The van der Waals surface area contributed by atoms with Gasteiger partial charge in [0.05, 0.1) is 11.5 Å². The van der Waals surface area contributed by atoms with Crippen LogP contribution in [0.2, 0.25) is 0 Å². The zero-order valence-corrected chi connectivity index (χ0v) is 14.4. The highest BCUT2D eigenvalue weighted by molar-refractivity contribution is 6.05. The number of anilines is 2. The van der Waals surface area contributed by atoms with Crippen LogP contribution in [-0.2, 0) is 22.2 Å². The normalized spacial score (nSPS) is 19.5. The van der Waals surface area contributed by atoms with Crippen LogP contribution in [0.5, 0.6) is 0 Å². The van der Waals surface area contributed by atoms with Gasteiger partial charge in [-0.25, -0.2) is 0 Å². The molecule has 140 valence electrons. The Labute approximate surface area is 154 Å². The van der Waals surface area contributed by atoms with Gasteiger partial charge in [0.25, 0.3) is 0 Å². The number of halogens is 3. The number of alkyl halides is 3. The van der Waals surface area contributed by atoms with Gasteiger partial charge < -0.3 is 9.80 Å². The number of para-hydroxylation sites is 1. The Morgan fingerprint density at radius 1 is 1.07 bits per heavy atom. The molecule has 0 saturated carbocycles. The van der Waals surface area contributed by atoms with Crippen molar-refractivity contribution in [2.75, 3.05) is 22.9 Å². The molecule has 1 saturated heterocycles. The summed E-state index contributed by atoms with van der Waals surface area (Å²) in [5, 5.41) is 0. The molecule has 7 heteroatoms. The van der Waals surface area contributed by atoms with E-state index >= 15 is 0 Å². The minimum atomic E-state index is -4.48. The summed E-state index contributed by atoms with van der Waals surface area (Å²) < 4.78 is 38.8. The summed E-state index contributed by atoms with van der Waals surface area (Å²) in [5.74, 6) is -1.04. The van der Waals surface area contributed by atoms with Crippen LogP contribution in [0, 0.1) is 5.92 Å². The number of nitrogens with zero attached hydrogens (tertiary/aromatic N) is 2. The lowest BCUT2D eigenvalue weighted by molar-refractivity contribution is -0.137. The summed E-state index contributed by atoms with van der Waals surface area (Å²) in [7, 11) is 0. The average molecular weight is 374 g/mol. The van der Waals surface area contributed by atoms with Crippen LogP contribution in [0.15, 0.2) is 48.5 Å². The van der Waals surface area contributed by atoms with Gasteiger partial charge in [0, 0.05) is 30.9 Å². The van der Waals surface area contributed by atoms with Crippen LogP contribution >= 0.6 is 0 Å². The van der Waals surface area contributed by atoms with Crippen LogP contribution in [0.25, 0.3) is 0 Å². The van der Waals surface area contributed by atoms with Crippen molar-refractivity contribution >= 4 is 23.2 Å². The van der Waals surface area contributed by atoms with Crippen molar-refractivity contribution in [1.29, 1.82) is 0 Å². The maximum atomic E-state index is 12.9. The predicted molar refractivity (Wildman–Crippen MR) is 94.4 cm³/mol. The molecule has 2 heterocycles. The number of carbonyl (C=O) groups is 2. The van der Waals surface area contributed by atoms with Crippen LogP contribution in [0.3, 0.4) is 0 Å². The molecule has 0 unspecified atom stereocenters. The van der Waals surface area contributed by atoms with Crippen LogP contribution < -0.4 is 9.80 Å². The summed E-state index contributed by atoms with van der Waals surface area (Å²) in [6, 6.07) is 12.3. The third-order valence-electron chi connectivity index (χ3n) is 5.11. The highest BCUT2D eigenvalue weighted by Crippen LogP contribution is 2.35. The number of hydrogen-bond acceptors (Lipinski definition) is 2. The molecule has 2 aliphatic rings. The zero-order chi connectivity index (χ0) is 19.2. The van der Waals surface area contributed by atoms with E-state index in [-0.39, 0.29) is 30.5 Å². The number of fused-ring (bicyclic) bond motifs is 1. The minimum absolute atomic E-state index is 0.00768. The first kappa shape index (κ1) is 17.6. The topological polar surface area (TPSA) is 40.6 Å². The molecule has 2 aromatic carbocycles. The van der Waals surface area contributed by atoms with Crippen LogP contribution in [0.1, 0.15) is 17.5 Å². The molecule has 1 atom stereocenters. The Morgan fingerprint density at radius 2 is 1.85 bits per heavy atom. The Balaban J connectivity index is 1.54. The van der Waals surface area contributed by atoms with Crippen molar-refractivity contribution in [3.8, 4) is 0 Å². The molecular formula is C20H17F3N2O2. The van der Waals surface area contributed by atoms with Gasteiger partial charge in [-0.15, -0.1) is 0 Å². The first-order valence-electron chi connectivity index (χ1n) is 8.71. The van der Waals surface area contributed by atoms with Gasteiger partial charge in [0.15, 0.2) is 0 Å². The van der Waals surface area contributed by atoms with E-state index in [4.69, 9.17) is 0 Å². The van der Waals surface area contributed by atoms with Crippen molar-refractivity contribution in [2.24, 2.45) is 5.92 Å². The summed E-state index contributed by atoms with van der Waals surface area (Å²) in [6.45, 7) is 0.657. The molecule has 4 nitrogen and oxygen atoms in total. The molecule has 0 bridgehead atoms. The van der Waals surface area contributed by atoms with Crippen molar-refractivity contribution in [2.45, 2.75) is 19.0 Å². The third-order valence-corrected chi connectivity index (χ3v) is 5.11. The van der Waals surface area contributed by atoms with E-state index in [0.717, 1.165) is 29.8 Å². The predicted octanol–water partition coefficient (Wildman–Crippen LogP) is 3.65. The molecule has 2 amide bonds. The molecule has 0 aliphatic carbocycles. The van der Waals surface area contributed by atoms with Crippen molar-refractivity contribution in [3.05, 3.63) is 59.7 Å². The maximum absolute atomic E-state index is 12.9. The highest BCUT2D eigenvalue weighted by atomic mass is 19.4. The zero-order valence-electron chi connectivity index (χ0n) is 14.4. The SMILES string of the molecule is O=C1C[C@@H](C(=O)N2CCc3ccccc32)CN1c1cccc(C(F)(F)F)c1. The van der Waals surface area contributed by atoms with E-state index < -0.39 is 17.7 Å². The fourth-order valence-corrected chi connectivity index (χ4v) is 3.76. The largest absolute Gasteiger partial charge is 0.416 e. The fourth-order valence-electron chi connectivity index (χ4n) is 3.76. The molecule has 2 aromatic rings. The quantitative estimate of drug-likeness (QED) is 0.805. The van der Waals surface area contributed by atoms with E-state index in [2.05, 4.69) is 0 Å². The van der Waals surface area contributed by atoms with E-state index in [1.807, 2.05) is 24.3 Å². The molecule has 0 aromatic heterocycles. The number of rotatable bonds is 2. The minimum Gasteiger partial charge on any atom is -0.312 e. The van der Waals surface area contributed by atoms with Gasteiger partial charge in [0.1, 0.15) is 0 Å². The van der Waals surface area contributed by atoms with E-state index in [1.54, 1.807) is 4.90 Å². The fraction of sp³-hybridized carbons (Fsp3) is 0.300. The number of benzene rings is 2. The number of carbonyl (C=O) groups excluding carboxylic acids is 2. The average Bonchev–Trinajstić information content (AvgIpc) is 3.24. The lowest BCUT2D eigenvalue weighted by atomic mass is 10.1. The Morgan fingerprint density at radius 3 is 2.63 bits per heavy atom. The smallest absolute Gasteiger partial charge is 0.312 e. The standard InChI is InChI=1S/C20H17F3N2O2/c21-20(22,23)15-5-3-6-16(11-15)25-12-14(10-18(25)26)19(27)24-9-8-13-4-1-2-7-17(13)24/h1-7,11,14H,8-10,12H2/t14-/m1/s1. The first-order chi connectivity index (χ1) is 12.8. The molecule has 0 spiro atoms. The number of amides is 2. The second-order valence-electron chi connectivity index (χ2n) is 6.82. The van der Waals surface area contributed by atoms with Gasteiger partial charge in [-0.3, -0.25) is 9.59 Å². The van der Waals surface area contributed by atoms with Crippen molar-refractivity contribution in [1.82, 2.24) is 0 Å². The molecule has 1 fully saturated rings. The highest BCUT2D eigenvalue weighted by Gasteiger charge is 2.39. The molecule has 27 heavy (non-hydrogen) atoms. The first-order valence-corrected chi connectivity index (χ1v) is 8.71. The Hall–Kier alpha value is -2.83. The van der Waals surface area contributed by atoms with Crippen LogP contribution in [0.4, 0.5) is 24.5 Å². The molecule has 0 radical (unpaired) electrons. The molecule has 0 N–H and O–H groups in total. The third kappa shape index (κ3) is 3.18. The van der Waals surface area contributed by atoms with E-state index in [0.29, 0.717) is 6.54 Å². The van der Waals surface area contributed by atoms with Crippen molar-refractivity contribution < 1.29 is 22.8 Å². The Bertz CT molecular complexity index is 910. The summed E-state index contributed by atoms with van der Waals surface area (Å²) in [4.78, 5) is 28.3. The summed E-state index contributed by atoms with van der Waals surface area (Å²) in [5.41, 5.74) is 1.31. The van der Waals surface area contributed by atoms with E-state index in [1.165, 1.54) is 17.0 Å². The summed E-state index contributed by atoms with van der Waals surface area (Å²) in [6.07, 6.45) is -3.71. The van der Waals surface area contributed by atoms with Gasteiger partial charge in [0.2, 0.25) is 11.8 Å². The van der Waals surface area contributed by atoms with Crippen LogP contribution in [-0.4, -0.2) is 24.9 Å². The Kier molecular flexibility index (Phi) is 4.17. The van der Waals surface area contributed by atoms with Gasteiger partial charge in [-0.2, -0.15) is 13.2 Å². The lowest BCUT2D eigenvalue weighted by Crippen LogP contribution is -2.36. The molecule has 2 aliphatic heterocycles. The monoisotopic (exact) mass is 374 g/mol. The maximum Gasteiger partial charge on any atom is 0.416 e. The second-order valence-corrected chi connectivity index (χ2v) is 6.82. The second kappa shape index (κ2) is 6.40. The molecule has 4 rings (SSSR count). The van der Waals surface area contributed by atoms with Gasteiger partial charge in [-0.1, -0.05) is 24.3 Å². The van der Waals surface area contributed by atoms with Gasteiger partial charge >= 0.3 is 6.18 Å². The van der Waals surface area contributed by atoms with Crippen molar-refractivity contribution in [3.63, 3.8) is 0 Å². The lowest BCUT2D eigenvalue weighted by Gasteiger charge is -2.22. The number of hydrogen-bond donors (Lipinski definition) is 0. The summed E-state index contributed by atoms with van der Waals surface area (Å²) >= 11 is 0. The molecular weight excluding hydrogens is 357 g/mol. The van der Waals surface area contributed by atoms with Gasteiger partial charge in [-0.05, 0) is 36.2 Å². The van der Waals surface area contributed by atoms with E-state index in [9.17, 15) is 22.8 Å².